The zero-order valence-electron chi connectivity index (χ0n) is 12.6. The van der Waals surface area contributed by atoms with Gasteiger partial charge in [0.25, 0.3) is 5.91 Å². The topological polar surface area (TPSA) is 57.6 Å². The summed E-state index contributed by atoms with van der Waals surface area (Å²) >= 11 is 1.42. The first-order valence-corrected chi connectivity index (χ1v) is 8.11. The minimum absolute atomic E-state index is 0.309. The van der Waals surface area contributed by atoms with Crippen molar-refractivity contribution in [2.45, 2.75) is 18.0 Å². The summed E-state index contributed by atoms with van der Waals surface area (Å²) in [4.78, 5) is 25.4. The second-order valence-electron chi connectivity index (χ2n) is 5.48. The smallest absolute Gasteiger partial charge is 0.394 e. The number of nitrogens with zero attached hydrogens (tertiary/aromatic N) is 1. The number of carbonyl (C=O) groups excluding carboxylic acids is 1. The van der Waals surface area contributed by atoms with E-state index in [1.165, 1.54) is 11.8 Å². The maximum atomic E-state index is 13.0. The Bertz CT molecular complexity index is 633. The first-order valence-electron chi connectivity index (χ1n) is 6.88. The fourth-order valence-electron chi connectivity index (χ4n) is 2.68. The van der Waals surface area contributed by atoms with E-state index < -0.39 is 43.0 Å². The third-order valence-corrected chi connectivity index (χ3v) is 4.75. The highest BCUT2D eigenvalue weighted by atomic mass is 32.2. The van der Waals surface area contributed by atoms with Gasteiger partial charge in [-0.05, 0) is 30.9 Å². The molecule has 2 rings (SSSR count). The Morgan fingerprint density at radius 1 is 1.30 bits per heavy atom. The van der Waals surface area contributed by atoms with E-state index in [1.54, 1.807) is 19.1 Å². The molecule has 1 saturated heterocycles. The molecule has 1 aromatic rings. The molecule has 0 bridgehead atoms. The summed E-state index contributed by atoms with van der Waals surface area (Å²) in [6, 6.07) is 5.17. The van der Waals surface area contributed by atoms with Gasteiger partial charge in [0.15, 0.2) is 0 Å². The number of hydrogen-bond donors (Lipinski definition) is 1. The van der Waals surface area contributed by atoms with Crippen molar-refractivity contribution in [2.24, 2.45) is 11.8 Å². The molecule has 4 nitrogen and oxygen atoms in total. The van der Waals surface area contributed by atoms with Crippen molar-refractivity contribution in [1.82, 2.24) is 4.90 Å². The van der Waals surface area contributed by atoms with Crippen LogP contribution in [0.4, 0.5) is 13.2 Å². The molecule has 1 amide bonds. The summed E-state index contributed by atoms with van der Waals surface area (Å²) in [7, 11) is 0. The summed E-state index contributed by atoms with van der Waals surface area (Å²) in [5.74, 6) is -5.75. The van der Waals surface area contributed by atoms with Gasteiger partial charge in [0, 0.05) is 23.5 Å². The molecule has 1 aliphatic heterocycles. The number of aryl methyl sites for hydroxylation is 1. The number of carboxylic acids is 1. The number of hydrogen-bond acceptors (Lipinski definition) is 3. The SMILES string of the molecule is CSc1ccc(C)c(C(=O)N2C[C@@H](C(F)(F)F)[C@H](C(=O)O)C2)c1. The Morgan fingerprint density at radius 3 is 2.43 bits per heavy atom. The molecule has 1 aromatic carbocycles. The van der Waals surface area contributed by atoms with Crippen LogP contribution in [0, 0.1) is 18.8 Å². The van der Waals surface area contributed by atoms with Gasteiger partial charge in [-0.3, -0.25) is 9.59 Å². The summed E-state index contributed by atoms with van der Waals surface area (Å²) in [6.07, 6.45) is -2.82. The zero-order chi connectivity index (χ0) is 17.4. The van der Waals surface area contributed by atoms with Crippen LogP contribution in [0.5, 0.6) is 0 Å². The number of aliphatic carboxylic acids is 1. The molecule has 0 aliphatic carbocycles. The van der Waals surface area contributed by atoms with Crippen molar-refractivity contribution in [3.05, 3.63) is 29.3 Å². The molecule has 1 heterocycles. The predicted molar refractivity (Wildman–Crippen MR) is 79.5 cm³/mol. The van der Waals surface area contributed by atoms with Crippen LogP contribution in [0.3, 0.4) is 0 Å². The lowest BCUT2D eigenvalue weighted by molar-refractivity contribution is -0.187. The lowest BCUT2D eigenvalue weighted by Crippen LogP contribution is -2.34. The average Bonchev–Trinajstić information content (AvgIpc) is 2.92. The summed E-state index contributed by atoms with van der Waals surface area (Å²) in [6.45, 7) is 0.646. The van der Waals surface area contributed by atoms with E-state index in [-0.39, 0.29) is 0 Å². The maximum Gasteiger partial charge on any atom is 0.394 e. The van der Waals surface area contributed by atoms with Crippen LogP contribution < -0.4 is 0 Å². The van der Waals surface area contributed by atoms with E-state index in [0.29, 0.717) is 11.1 Å². The predicted octanol–water partition coefficient (Wildman–Crippen LogP) is 3.05. The van der Waals surface area contributed by atoms with Crippen LogP contribution in [0.25, 0.3) is 0 Å². The molecule has 0 aromatic heterocycles. The van der Waals surface area contributed by atoms with Gasteiger partial charge in [-0.2, -0.15) is 13.2 Å². The lowest BCUT2D eigenvalue weighted by Gasteiger charge is -2.19. The first-order chi connectivity index (χ1) is 10.6. The number of carbonyl (C=O) groups is 2. The van der Waals surface area contributed by atoms with Gasteiger partial charge in [0.05, 0.1) is 11.8 Å². The monoisotopic (exact) mass is 347 g/mol. The van der Waals surface area contributed by atoms with Crippen molar-refractivity contribution in [3.63, 3.8) is 0 Å². The van der Waals surface area contributed by atoms with Gasteiger partial charge < -0.3 is 10.0 Å². The van der Waals surface area contributed by atoms with Gasteiger partial charge in [-0.15, -0.1) is 11.8 Å². The number of rotatable bonds is 3. The Labute approximate surface area is 135 Å². The second-order valence-corrected chi connectivity index (χ2v) is 6.36. The Balaban J connectivity index is 2.29. The molecule has 8 heteroatoms. The number of benzene rings is 1. The van der Waals surface area contributed by atoms with Crippen LogP contribution in [-0.2, 0) is 4.79 Å². The van der Waals surface area contributed by atoms with Crippen molar-refractivity contribution in [2.75, 3.05) is 19.3 Å². The summed E-state index contributed by atoms with van der Waals surface area (Å²) in [5.41, 5.74) is 0.957. The van der Waals surface area contributed by atoms with Gasteiger partial charge in [0.1, 0.15) is 0 Å². The molecule has 0 radical (unpaired) electrons. The molecular formula is C15H16F3NO3S. The first kappa shape index (κ1) is 17.7. The normalized spacial score (nSPS) is 21.5. The molecular weight excluding hydrogens is 331 g/mol. The molecule has 2 atom stereocenters. The fourth-order valence-corrected chi connectivity index (χ4v) is 3.12. The Kier molecular flexibility index (Phi) is 4.93. The molecule has 1 aliphatic rings. The largest absolute Gasteiger partial charge is 0.481 e. The summed E-state index contributed by atoms with van der Waals surface area (Å²) in [5, 5.41) is 9.01. The third-order valence-electron chi connectivity index (χ3n) is 4.02. The molecule has 0 saturated carbocycles. The van der Waals surface area contributed by atoms with Crippen molar-refractivity contribution < 1.29 is 27.9 Å². The van der Waals surface area contributed by atoms with E-state index >= 15 is 0 Å². The van der Waals surface area contributed by atoms with Gasteiger partial charge >= 0.3 is 12.1 Å². The van der Waals surface area contributed by atoms with Gasteiger partial charge in [0.2, 0.25) is 0 Å². The molecule has 126 valence electrons. The number of thioether (sulfide) groups is 1. The average molecular weight is 347 g/mol. The quantitative estimate of drug-likeness (QED) is 0.854. The highest BCUT2D eigenvalue weighted by Gasteiger charge is 2.53. The van der Waals surface area contributed by atoms with Gasteiger partial charge in [-0.1, -0.05) is 6.07 Å². The third kappa shape index (κ3) is 3.63. The number of alkyl halides is 3. The molecule has 1 fully saturated rings. The minimum atomic E-state index is -4.64. The lowest BCUT2D eigenvalue weighted by atomic mass is 9.96. The number of halogens is 3. The molecule has 0 spiro atoms. The molecule has 23 heavy (non-hydrogen) atoms. The second kappa shape index (κ2) is 6.43. The molecule has 1 N–H and O–H groups in total. The molecule has 0 unspecified atom stereocenters. The van der Waals surface area contributed by atoms with Crippen LogP contribution in [-0.4, -0.2) is 47.4 Å². The fraction of sp³-hybridized carbons (Fsp3) is 0.467. The number of likely N-dealkylation sites (tertiary alicyclic amines) is 1. The zero-order valence-corrected chi connectivity index (χ0v) is 13.4. The van der Waals surface area contributed by atoms with Crippen LogP contribution in [0.15, 0.2) is 23.1 Å². The van der Waals surface area contributed by atoms with Crippen molar-refractivity contribution in [1.29, 1.82) is 0 Å². The minimum Gasteiger partial charge on any atom is -0.481 e. The summed E-state index contributed by atoms with van der Waals surface area (Å²) < 4.78 is 39.0. The Hall–Kier alpha value is -1.70. The number of carboxylic acid groups (broad SMARTS) is 1. The van der Waals surface area contributed by atoms with E-state index in [4.69, 9.17) is 5.11 Å². The van der Waals surface area contributed by atoms with E-state index in [1.807, 2.05) is 12.3 Å². The van der Waals surface area contributed by atoms with Crippen molar-refractivity contribution in [3.8, 4) is 0 Å². The van der Waals surface area contributed by atoms with E-state index in [9.17, 15) is 22.8 Å². The maximum absolute atomic E-state index is 13.0. The van der Waals surface area contributed by atoms with Gasteiger partial charge in [-0.25, -0.2) is 0 Å². The van der Waals surface area contributed by atoms with Crippen LogP contribution >= 0.6 is 11.8 Å². The highest BCUT2D eigenvalue weighted by Crippen LogP contribution is 2.38. The van der Waals surface area contributed by atoms with Crippen LogP contribution in [0.2, 0.25) is 0 Å². The number of amides is 1. The standard InChI is InChI=1S/C15H16F3NO3S/c1-8-3-4-9(23-2)5-10(8)13(20)19-6-11(14(21)22)12(7-19)15(16,17)18/h3-5,11-12H,6-7H2,1-2H3,(H,21,22)/t11-,12-/m1/s1. The Morgan fingerprint density at radius 2 is 1.96 bits per heavy atom. The van der Waals surface area contributed by atoms with Crippen molar-refractivity contribution >= 4 is 23.6 Å². The van der Waals surface area contributed by atoms with E-state index in [0.717, 1.165) is 9.80 Å². The highest BCUT2D eigenvalue weighted by molar-refractivity contribution is 7.98. The van der Waals surface area contributed by atoms with Crippen LogP contribution in [0.1, 0.15) is 15.9 Å². The van der Waals surface area contributed by atoms with E-state index in [2.05, 4.69) is 0 Å².